The third-order valence-corrected chi connectivity index (χ3v) is 7.63. The van der Waals surface area contributed by atoms with Crippen molar-refractivity contribution < 1.29 is 4.74 Å². The first kappa shape index (κ1) is 21.3. The van der Waals surface area contributed by atoms with Crippen LogP contribution in [0.4, 0.5) is 0 Å². The van der Waals surface area contributed by atoms with Crippen LogP contribution in [0.15, 0.2) is 91.0 Å². The van der Waals surface area contributed by atoms with Crippen LogP contribution < -0.4 is 15.2 Å². The van der Waals surface area contributed by atoms with E-state index < -0.39 is 0 Å². The average molecular weight is 463 g/mol. The number of para-hydroxylation sites is 1. The summed E-state index contributed by atoms with van der Waals surface area (Å²) in [4.78, 5) is 0. The molecule has 0 amide bonds. The predicted octanol–water partition coefficient (Wildman–Crippen LogP) is 6.52. The second kappa shape index (κ2) is 8.81. The van der Waals surface area contributed by atoms with E-state index in [9.17, 15) is 0 Å². The second-order valence-electron chi connectivity index (χ2n) is 9.40. The van der Waals surface area contributed by atoms with Crippen molar-refractivity contribution in [1.82, 2.24) is 0 Å². The molecule has 0 aliphatic heterocycles. The van der Waals surface area contributed by atoms with Crippen LogP contribution in [-0.2, 0) is 12.8 Å². The Hall–Kier alpha value is -3.29. The summed E-state index contributed by atoms with van der Waals surface area (Å²) in [5, 5.41) is 5.82. The average Bonchev–Trinajstić information content (AvgIpc) is 2.87. The van der Waals surface area contributed by atoms with Crippen molar-refractivity contribution in [1.29, 1.82) is 0 Å². The number of ether oxygens (including phenoxy) is 1. The van der Waals surface area contributed by atoms with Crippen LogP contribution in [0.2, 0.25) is 5.02 Å². The van der Waals surface area contributed by atoms with Gasteiger partial charge in [0.1, 0.15) is 11.9 Å². The summed E-state index contributed by atoms with van der Waals surface area (Å²) in [6.45, 7) is 2.37. The van der Waals surface area contributed by atoms with Crippen molar-refractivity contribution >= 4 is 23.3 Å². The molecule has 0 heterocycles. The maximum atomic E-state index is 6.62. The van der Waals surface area contributed by atoms with Gasteiger partial charge in [0, 0.05) is 5.56 Å². The third-order valence-electron chi connectivity index (χ3n) is 7.32. The van der Waals surface area contributed by atoms with E-state index in [1.54, 1.807) is 0 Å². The van der Waals surface area contributed by atoms with Gasteiger partial charge >= 0.3 is 0 Å². The number of benzene rings is 4. The standard InChI is InChI=1S/C32H27ClO/c1-21-15-16-27-25(28(21)19-22-9-3-2-4-10-22)17-18-26-24-12-6-5-11-23(24)20-31(32(26)27)34-30-14-8-7-13-29(30)33/h2-14,17-18,20-21,31H,15-16,19H2,1H3. The molecule has 2 aliphatic rings. The summed E-state index contributed by atoms with van der Waals surface area (Å²) in [7, 11) is 0. The zero-order valence-corrected chi connectivity index (χ0v) is 20.1. The van der Waals surface area contributed by atoms with Crippen molar-refractivity contribution in [2.24, 2.45) is 5.92 Å². The number of hydrogen-bond acceptors (Lipinski definition) is 1. The molecule has 2 atom stereocenters. The summed E-state index contributed by atoms with van der Waals surface area (Å²) < 4.78 is 6.62. The molecule has 0 fully saturated rings. The summed E-state index contributed by atoms with van der Waals surface area (Å²) in [6, 6.07) is 31.9. The quantitative estimate of drug-likeness (QED) is 0.335. The Kier molecular flexibility index (Phi) is 5.51. The maximum absolute atomic E-state index is 6.62. The fraction of sp³-hybridized carbons (Fsp3) is 0.188. The molecule has 2 heteroatoms. The molecule has 34 heavy (non-hydrogen) atoms. The Morgan fingerprint density at radius 2 is 1.53 bits per heavy atom. The van der Waals surface area contributed by atoms with Gasteiger partial charge < -0.3 is 4.74 Å². The number of rotatable bonds is 4. The molecule has 1 nitrogen and oxygen atoms in total. The van der Waals surface area contributed by atoms with Crippen LogP contribution in [0, 0.1) is 16.4 Å². The summed E-state index contributed by atoms with van der Waals surface area (Å²) in [6.07, 6.45) is 5.30. The third kappa shape index (κ3) is 3.75. The smallest absolute Gasteiger partial charge is 0.144 e. The lowest BCUT2D eigenvalue weighted by molar-refractivity contribution is 0.266. The van der Waals surface area contributed by atoms with Gasteiger partial charge in [0.05, 0.1) is 5.02 Å². The van der Waals surface area contributed by atoms with Crippen molar-refractivity contribution in [3.05, 3.63) is 134 Å². The summed E-state index contributed by atoms with van der Waals surface area (Å²) in [5.74, 6) is 1.29. The molecule has 2 unspecified atom stereocenters. The number of hydrogen-bond donors (Lipinski definition) is 0. The molecule has 168 valence electrons. The minimum Gasteiger partial charge on any atom is -0.480 e. The highest BCUT2D eigenvalue weighted by molar-refractivity contribution is 6.32. The normalized spacial score (nSPS) is 18.4. The van der Waals surface area contributed by atoms with Crippen LogP contribution in [0.25, 0.3) is 11.6 Å². The van der Waals surface area contributed by atoms with Crippen LogP contribution in [0.5, 0.6) is 5.75 Å². The second-order valence-corrected chi connectivity index (χ2v) is 9.81. The van der Waals surface area contributed by atoms with E-state index in [0.29, 0.717) is 10.9 Å². The van der Waals surface area contributed by atoms with Crippen molar-refractivity contribution in [2.75, 3.05) is 0 Å². The molecule has 0 N–H and O–H groups in total. The van der Waals surface area contributed by atoms with E-state index >= 15 is 0 Å². The first-order chi connectivity index (χ1) is 16.7. The van der Waals surface area contributed by atoms with Crippen molar-refractivity contribution in [3.63, 3.8) is 0 Å². The van der Waals surface area contributed by atoms with Gasteiger partial charge in [-0.25, -0.2) is 0 Å². The molecule has 0 spiro atoms. The van der Waals surface area contributed by atoms with E-state index in [-0.39, 0.29) is 6.10 Å². The highest BCUT2D eigenvalue weighted by atomic mass is 35.5. The maximum Gasteiger partial charge on any atom is 0.144 e. The Bertz CT molecular complexity index is 1590. The molecule has 0 saturated heterocycles. The first-order valence-corrected chi connectivity index (χ1v) is 12.5. The van der Waals surface area contributed by atoms with Gasteiger partial charge in [-0.1, -0.05) is 103 Å². The minimum atomic E-state index is -0.175. The molecule has 0 saturated carbocycles. The SMILES string of the molecule is CC1CCc2c3c(ccc2=C1Cc1ccccc1)=c1ccccc1=CC3Oc1ccccc1Cl. The topological polar surface area (TPSA) is 9.23 Å². The summed E-state index contributed by atoms with van der Waals surface area (Å²) >= 11 is 6.50. The van der Waals surface area contributed by atoms with Crippen molar-refractivity contribution in [3.8, 4) is 5.75 Å². The summed E-state index contributed by atoms with van der Waals surface area (Å²) in [5.41, 5.74) is 5.64. The van der Waals surface area contributed by atoms with Gasteiger partial charge in [0.25, 0.3) is 0 Å². The van der Waals surface area contributed by atoms with Gasteiger partial charge in [0.15, 0.2) is 0 Å². The monoisotopic (exact) mass is 462 g/mol. The molecule has 2 aliphatic carbocycles. The zero-order chi connectivity index (χ0) is 23.1. The Morgan fingerprint density at radius 1 is 0.794 bits per heavy atom. The van der Waals surface area contributed by atoms with Gasteiger partial charge in [-0.2, -0.15) is 0 Å². The molecule has 0 radical (unpaired) electrons. The minimum absolute atomic E-state index is 0.175. The number of fused-ring (bicyclic) bond motifs is 4. The highest BCUT2D eigenvalue weighted by Crippen LogP contribution is 2.35. The van der Waals surface area contributed by atoms with Gasteiger partial charge in [-0.15, -0.1) is 0 Å². The lowest BCUT2D eigenvalue weighted by Crippen LogP contribution is -2.29. The van der Waals surface area contributed by atoms with E-state index in [4.69, 9.17) is 16.3 Å². The lowest BCUT2D eigenvalue weighted by atomic mass is 9.79. The molecular weight excluding hydrogens is 436 g/mol. The van der Waals surface area contributed by atoms with E-state index in [1.165, 1.54) is 43.1 Å². The van der Waals surface area contributed by atoms with Crippen LogP contribution in [0.3, 0.4) is 0 Å². The van der Waals surface area contributed by atoms with E-state index in [2.05, 4.69) is 79.7 Å². The molecule has 6 rings (SSSR count). The Balaban J connectivity index is 1.61. The molecule has 4 aromatic carbocycles. The van der Waals surface area contributed by atoms with Crippen LogP contribution >= 0.6 is 11.6 Å². The van der Waals surface area contributed by atoms with Gasteiger partial charge in [-0.05, 0) is 75.4 Å². The largest absolute Gasteiger partial charge is 0.480 e. The Morgan fingerprint density at radius 3 is 2.38 bits per heavy atom. The van der Waals surface area contributed by atoms with Crippen LogP contribution in [-0.4, -0.2) is 0 Å². The van der Waals surface area contributed by atoms with Crippen molar-refractivity contribution in [2.45, 2.75) is 32.3 Å². The Labute approximate surface area is 205 Å². The highest BCUT2D eigenvalue weighted by Gasteiger charge is 2.26. The molecular formula is C32H27ClO. The van der Waals surface area contributed by atoms with Crippen LogP contribution in [0.1, 0.15) is 36.1 Å². The predicted molar refractivity (Wildman–Crippen MR) is 140 cm³/mol. The van der Waals surface area contributed by atoms with E-state index in [0.717, 1.165) is 25.0 Å². The van der Waals surface area contributed by atoms with E-state index in [1.807, 2.05) is 24.3 Å². The number of halogens is 1. The fourth-order valence-corrected chi connectivity index (χ4v) is 5.76. The van der Waals surface area contributed by atoms with Gasteiger partial charge in [-0.3, -0.25) is 0 Å². The lowest BCUT2D eigenvalue weighted by Gasteiger charge is -2.29. The molecule has 0 bridgehead atoms. The molecule has 0 aromatic heterocycles. The zero-order valence-electron chi connectivity index (χ0n) is 19.3. The molecule has 4 aromatic rings. The van der Waals surface area contributed by atoms with Gasteiger partial charge in [0.2, 0.25) is 0 Å². The fourth-order valence-electron chi connectivity index (χ4n) is 5.58. The first-order valence-electron chi connectivity index (χ1n) is 12.1.